The quantitative estimate of drug-likeness (QED) is 0.867. The maximum atomic E-state index is 11.6. The molecule has 2 rings (SSSR count). The van der Waals surface area contributed by atoms with Gasteiger partial charge in [0.25, 0.3) is 0 Å². The minimum Gasteiger partial charge on any atom is -0.481 e. The summed E-state index contributed by atoms with van der Waals surface area (Å²) in [6.45, 7) is 3.92. The predicted octanol–water partition coefficient (Wildman–Crippen LogP) is 4.27. The molecule has 2 aromatic carbocycles. The lowest BCUT2D eigenvalue weighted by Gasteiger charge is -2.27. The van der Waals surface area contributed by atoms with Crippen LogP contribution in [0.25, 0.3) is 10.8 Å². The number of carboxylic acids is 1. The minimum absolute atomic E-state index is 0.594. The highest BCUT2D eigenvalue weighted by Crippen LogP contribution is 2.33. The molecule has 0 radical (unpaired) electrons. The van der Waals surface area contributed by atoms with Gasteiger partial charge in [0.05, 0.1) is 5.41 Å². The zero-order valence-electron chi connectivity index (χ0n) is 11.5. The molecule has 0 aliphatic rings. The lowest BCUT2D eigenvalue weighted by atomic mass is 9.76. The van der Waals surface area contributed by atoms with E-state index in [1.807, 2.05) is 38.1 Å². The van der Waals surface area contributed by atoms with Gasteiger partial charge in [0, 0.05) is 0 Å². The standard InChI is InChI=1S/C17H20O2/c1-3-17(4-2,16(18)19)12-14-10-7-9-13-8-5-6-11-15(13)14/h5-11H,3-4,12H2,1-2H3,(H,18,19). The second-order valence-corrected chi connectivity index (χ2v) is 5.11. The van der Waals surface area contributed by atoms with Gasteiger partial charge in [-0.1, -0.05) is 56.3 Å². The van der Waals surface area contributed by atoms with Crippen molar-refractivity contribution in [1.29, 1.82) is 0 Å². The Labute approximate surface area is 114 Å². The van der Waals surface area contributed by atoms with Crippen LogP contribution in [0.3, 0.4) is 0 Å². The van der Waals surface area contributed by atoms with Crippen LogP contribution in [0.5, 0.6) is 0 Å². The van der Waals surface area contributed by atoms with Gasteiger partial charge in [0.1, 0.15) is 0 Å². The van der Waals surface area contributed by atoms with E-state index in [0.717, 1.165) is 10.9 Å². The second-order valence-electron chi connectivity index (χ2n) is 5.11. The molecule has 0 atom stereocenters. The van der Waals surface area contributed by atoms with E-state index in [1.54, 1.807) is 0 Å². The highest BCUT2D eigenvalue weighted by molar-refractivity contribution is 5.86. The summed E-state index contributed by atoms with van der Waals surface area (Å²) in [4.78, 5) is 11.6. The van der Waals surface area contributed by atoms with E-state index in [-0.39, 0.29) is 0 Å². The van der Waals surface area contributed by atoms with Crippen LogP contribution in [0.4, 0.5) is 0 Å². The molecule has 0 aliphatic carbocycles. The molecule has 0 fully saturated rings. The van der Waals surface area contributed by atoms with Gasteiger partial charge in [-0.2, -0.15) is 0 Å². The SMILES string of the molecule is CCC(CC)(Cc1cccc2ccccc12)C(=O)O. The molecular weight excluding hydrogens is 236 g/mol. The molecule has 0 amide bonds. The van der Waals surface area contributed by atoms with Gasteiger partial charge in [0.15, 0.2) is 0 Å². The van der Waals surface area contributed by atoms with Crippen LogP contribution >= 0.6 is 0 Å². The average molecular weight is 256 g/mol. The van der Waals surface area contributed by atoms with E-state index < -0.39 is 11.4 Å². The van der Waals surface area contributed by atoms with Crippen molar-refractivity contribution in [3.63, 3.8) is 0 Å². The highest BCUT2D eigenvalue weighted by Gasteiger charge is 2.35. The first kappa shape index (κ1) is 13.6. The molecule has 2 heteroatoms. The molecule has 0 spiro atoms. The molecule has 1 N–H and O–H groups in total. The molecule has 100 valence electrons. The van der Waals surface area contributed by atoms with Gasteiger partial charge in [-0.15, -0.1) is 0 Å². The van der Waals surface area contributed by atoms with Crippen molar-refractivity contribution >= 4 is 16.7 Å². The average Bonchev–Trinajstić information content (AvgIpc) is 2.44. The highest BCUT2D eigenvalue weighted by atomic mass is 16.4. The van der Waals surface area contributed by atoms with E-state index in [2.05, 4.69) is 18.2 Å². The molecule has 0 heterocycles. The summed E-state index contributed by atoms with van der Waals surface area (Å²) in [7, 11) is 0. The minimum atomic E-state index is -0.689. The Morgan fingerprint density at radius 3 is 2.32 bits per heavy atom. The largest absolute Gasteiger partial charge is 0.481 e. The van der Waals surface area contributed by atoms with Crippen LogP contribution in [0.1, 0.15) is 32.3 Å². The third-order valence-electron chi connectivity index (χ3n) is 4.22. The summed E-state index contributed by atoms with van der Waals surface area (Å²) in [6, 6.07) is 14.3. The Kier molecular flexibility index (Phi) is 3.89. The zero-order chi connectivity index (χ0) is 13.9. The Balaban J connectivity index is 2.48. The molecule has 0 unspecified atom stereocenters. The number of carboxylic acid groups (broad SMARTS) is 1. The van der Waals surface area contributed by atoms with Gasteiger partial charge in [0.2, 0.25) is 0 Å². The van der Waals surface area contributed by atoms with Crippen molar-refractivity contribution in [3.8, 4) is 0 Å². The first-order chi connectivity index (χ1) is 9.13. The summed E-state index contributed by atoms with van der Waals surface area (Å²) >= 11 is 0. The van der Waals surface area contributed by atoms with Gasteiger partial charge >= 0.3 is 5.97 Å². The maximum absolute atomic E-state index is 11.6. The molecular formula is C17H20O2. The molecule has 19 heavy (non-hydrogen) atoms. The summed E-state index contributed by atoms with van der Waals surface area (Å²) in [5.74, 6) is -0.689. The van der Waals surface area contributed by atoms with Crippen molar-refractivity contribution < 1.29 is 9.90 Å². The van der Waals surface area contributed by atoms with Crippen LogP contribution in [-0.4, -0.2) is 11.1 Å². The predicted molar refractivity (Wildman–Crippen MR) is 78.3 cm³/mol. The van der Waals surface area contributed by atoms with E-state index in [0.29, 0.717) is 19.3 Å². The number of hydrogen-bond acceptors (Lipinski definition) is 1. The number of aliphatic carboxylic acids is 1. The van der Waals surface area contributed by atoms with E-state index >= 15 is 0 Å². The number of hydrogen-bond donors (Lipinski definition) is 1. The van der Waals surface area contributed by atoms with Crippen molar-refractivity contribution in [2.24, 2.45) is 5.41 Å². The fourth-order valence-electron chi connectivity index (χ4n) is 2.69. The van der Waals surface area contributed by atoms with Crippen molar-refractivity contribution in [2.45, 2.75) is 33.1 Å². The lowest BCUT2D eigenvalue weighted by Crippen LogP contribution is -2.32. The molecule has 0 aliphatic heterocycles. The summed E-state index contributed by atoms with van der Waals surface area (Å²) in [5.41, 5.74) is 0.480. The monoisotopic (exact) mass is 256 g/mol. The number of rotatable bonds is 5. The summed E-state index contributed by atoms with van der Waals surface area (Å²) in [5, 5.41) is 11.9. The first-order valence-electron chi connectivity index (χ1n) is 6.83. The topological polar surface area (TPSA) is 37.3 Å². The fourth-order valence-corrected chi connectivity index (χ4v) is 2.69. The smallest absolute Gasteiger partial charge is 0.309 e. The van der Waals surface area contributed by atoms with Crippen molar-refractivity contribution in [2.75, 3.05) is 0 Å². The van der Waals surface area contributed by atoms with E-state index in [9.17, 15) is 9.90 Å². The van der Waals surface area contributed by atoms with Crippen molar-refractivity contribution in [3.05, 3.63) is 48.0 Å². The Morgan fingerprint density at radius 1 is 1.05 bits per heavy atom. The molecule has 0 saturated heterocycles. The Hall–Kier alpha value is -1.83. The Bertz CT molecular complexity index is 577. The second kappa shape index (κ2) is 5.43. The van der Waals surface area contributed by atoms with Gasteiger partial charge in [-0.05, 0) is 35.6 Å². The molecule has 2 nitrogen and oxygen atoms in total. The fraction of sp³-hybridized carbons (Fsp3) is 0.353. The Morgan fingerprint density at radius 2 is 1.68 bits per heavy atom. The molecule has 2 aromatic rings. The van der Waals surface area contributed by atoms with Crippen LogP contribution in [0.2, 0.25) is 0 Å². The summed E-state index contributed by atoms with van der Waals surface area (Å²) < 4.78 is 0. The third-order valence-corrected chi connectivity index (χ3v) is 4.22. The zero-order valence-corrected chi connectivity index (χ0v) is 11.5. The summed E-state index contributed by atoms with van der Waals surface area (Å²) in [6.07, 6.45) is 1.90. The first-order valence-corrected chi connectivity index (χ1v) is 6.83. The number of benzene rings is 2. The number of carbonyl (C=O) groups is 1. The number of fused-ring (bicyclic) bond motifs is 1. The molecule has 0 aromatic heterocycles. The van der Waals surface area contributed by atoms with Crippen LogP contribution in [0, 0.1) is 5.41 Å². The normalized spacial score (nSPS) is 11.7. The van der Waals surface area contributed by atoms with Crippen LogP contribution in [-0.2, 0) is 11.2 Å². The van der Waals surface area contributed by atoms with Gasteiger partial charge in [-0.3, -0.25) is 4.79 Å². The maximum Gasteiger partial charge on any atom is 0.309 e. The van der Waals surface area contributed by atoms with Gasteiger partial charge < -0.3 is 5.11 Å². The molecule has 0 saturated carbocycles. The van der Waals surface area contributed by atoms with Crippen molar-refractivity contribution in [1.82, 2.24) is 0 Å². The van der Waals surface area contributed by atoms with Crippen LogP contribution < -0.4 is 0 Å². The van der Waals surface area contributed by atoms with E-state index in [4.69, 9.17) is 0 Å². The van der Waals surface area contributed by atoms with Gasteiger partial charge in [-0.25, -0.2) is 0 Å². The lowest BCUT2D eigenvalue weighted by molar-refractivity contribution is -0.149. The van der Waals surface area contributed by atoms with Crippen LogP contribution in [0.15, 0.2) is 42.5 Å². The molecule has 0 bridgehead atoms. The van der Waals surface area contributed by atoms with E-state index in [1.165, 1.54) is 5.39 Å². The third kappa shape index (κ3) is 2.48.